The van der Waals surface area contributed by atoms with Gasteiger partial charge in [0.05, 0.1) is 6.10 Å². The molecule has 1 aliphatic rings. The Balaban J connectivity index is 1.84. The van der Waals surface area contributed by atoms with Gasteiger partial charge in [-0.3, -0.25) is 4.79 Å². The van der Waals surface area contributed by atoms with Crippen LogP contribution in [0.1, 0.15) is 79.7 Å². The molecule has 0 spiro atoms. The normalized spacial score (nSPS) is 21.5. The summed E-state index contributed by atoms with van der Waals surface area (Å²) >= 11 is 0. The van der Waals surface area contributed by atoms with E-state index < -0.39 is 6.10 Å². The Morgan fingerprint density at radius 2 is 1.64 bits per heavy atom. The van der Waals surface area contributed by atoms with Crippen LogP contribution in [0.4, 0.5) is 0 Å². The number of carbonyl (C=O) groups is 1. The third kappa shape index (κ3) is 3.85. The molecule has 1 aliphatic carbocycles. The zero-order chi connectivity index (χ0) is 17.8. The molecule has 132 valence electrons. The second-order valence-corrected chi connectivity index (χ2v) is 7.16. The Morgan fingerprint density at radius 1 is 1.00 bits per heavy atom. The topological polar surface area (TPSA) is 37.3 Å². The average molecular weight is 336 g/mol. The number of aliphatic hydroxyl groups excluding tert-OH is 1. The van der Waals surface area contributed by atoms with Gasteiger partial charge in [0.15, 0.2) is 0 Å². The van der Waals surface area contributed by atoms with Crippen LogP contribution >= 0.6 is 0 Å². The maximum Gasteiger partial charge on any atom is 0.140 e. The van der Waals surface area contributed by atoms with Crippen molar-refractivity contribution < 1.29 is 9.90 Å². The monoisotopic (exact) mass is 336 g/mol. The first-order valence-corrected chi connectivity index (χ1v) is 9.53. The molecule has 1 fully saturated rings. The number of aryl methyl sites for hydroxylation is 1. The lowest BCUT2D eigenvalue weighted by Crippen LogP contribution is -2.12. The number of carbonyl (C=O) groups excluding carboxylic acids is 1. The van der Waals surface area contributed by atoms with E-state index in [1.807, 2.05) is 24.3 Å². The SMILES string of the molecule is CCCC(O)c1ccc(C2C(=O)CCC2c2ccc(CC)cc2)cc1. The summed E-state index contributed by atoms with van der Waals surface area (Å²) in [5, 5.41) is 10.1. The predicted molar refractivity (Wildman–Crippen MR) is 102 cm³/mol. The van der Waals surface area contributed by atoms with Crippen LogP contribution in [-0.2, 0) is 11.2 Å². The molecule has 2 heteroatoms. The molecule has 2 aromatic rings. The minimum atomic E-state index is -0.407. The summed E-state index contributed by atoms with van der Waals surface area (Å²) in [6.45, 7) is 4.23. The van der Waals surface area contributed by atoms with Gasteiger partial charge in [0.1, 0.15) is 5.78 Å². The van der Waals surface area contributed by atoms with Crippen LogP contribution in [0.3, 0.4) is 0 Å². The van der Waals surface area contributed by atoms with Gasteiger partial charge in [-0.1, -0.05) is 68.8 Å². The van der Waals surface area contributed by atoms with Gasteiger partial charge in [-0.2, -0.15) is 0 Å². The number of Topliss-reactive ketones (excluding diaryl/α,β-unsaturated/α-hetero) is 1. The van der Waals surface area contributed by atoms with Crippen molar-refractivity contribution in [3.8, 4) is 0 Å². The van der Waals surface area contributed by atoms with Crippen LogP contribution < -0.4 is 0 Å². The Labute approximate surface area is 150 Å². The van der Waals surface area contributed by atoms with Crippen molar-refractivity contribution in [3.63, 3.8) is 0 Å². The van der Waals surface area contributed by atoms with E-state index in [2.05, 4.69) is 38.1 Å². The summed E-state index contributed by atoms with van der Waals surface area (Å²) in [5.74, 6) is 0.557. The number of aliphatic hydroxyl groups is 1. The second-order valence-electron chi connectivity index (χ2n) is 7.16. The van der Waals surface area contributed by atoms with Gasteiger partial charge >= 0.3 is 0 Å². The molecule has 0 saturated heterocycles. The maximum absolute atomic E-state index is 12.6. The molecule has 2 nitrogen and oxygen atoms in total. The number of benzene rings is 2. The average Bonchev–Trinajstić information content (AvgIpc) is 3.03. The quantitative estimate of drug-likeness (QED) is 0.776. The fourth-order valence-corrected chi connectivity index (χ4v) is 3.99. The van der Waals surface area contributed by atoms with Gasteiger partial charge in [-0.25, -0.2) is 0 Å². The van der Waals surface area contributed by atoms with Crippen molar-refractivity contribution in [1.29, 1.82) is 0 Å². The number of hydrogen-bond acceptors (Lipinski definition) is 2. The lowest BCUT2D eigenvalue weighted by molar-refractivity contribution is -0.118. The molecule has 2 aromatic carbocycles. The molecule has 25 heavy (non-hydrogen) atoms. The van der Waals surface area contributed by atoms with Crippen molar-refractivity contribution in [2.24, 2.45) is 0 Å². The molecule has 0 aliphatic heterocycles. The summed E-state index contributed by atoms with van der Waals surface area (Å²) in [6, 6.07) is 16.8. The lowest BCUT2D eigenvalue weighted by atomic mass is 9.83. The van der Waals surface area contributed by atoms with E-state index in [4.69, 9.17) is 0 Å². The van der Waals surface area contributed by atoms with E-state index in [0.29, 0.717) is 12.2 Å². The van der Waals surface area contributed by atoms with Crippen molar-refractivity contribution in [2.75, 3.05) is 0 Å². The fourth-order valence-electron chi connectivity index (χ4n) is 3.99. The largest absolute Gasteiger partial charge is 0.388 e. The Bertz CT molecular complexity index is 700. The van der Waals surface area contributed by atoms with Crippen molar-refractivity contribution in [3.05, 3.63) is 70.8 Å². The van der Waals surface area contributed by atoms with E-state index in [-0.39, 0.29) is 11.8 Å². The van der Waals surface area contributed by atoms with Crippen LogP contribution in [0.2, 0.25) is 0 Å². The first-order chi connectivity index (χ1) is 12.1. The molecular formula is C23H28O2. The van der Waals surface area contributed by atoms with Gasteiger partial charge in [0.25, 0.3) is 0 Å². The Kier molecular flexibility index (Phi) is 5.70. The molecule has 0 heterocycles. The van der Waals surface area contributed by atoms with Crippen LogP contribution in [-0.4, -0.2) is 10.9 Å². The maximum atomic E-state index is 12.6. The smallest absolute Gasteiger partial charge is 0.140 e. The molecule has 0 aromatic heterocycles. The van der Waals surface area contributed by atoms with Gasteiger partial charge in [0, 0.05) is 12.3 Å². The number of rotatable bonds is 6. The minimum absolute atomic E-state index is 0.0511. The number of hydrogen-bond donors (Lipinski definition) is 1. The molecule has 1 N–H and O–H groups in total. The highest BCUT2D eigenvalue weighted by Crippen LogP contribution is 2.44. The first kappa shape index (κ1) is 17.9. The summed E-state index contributed by atoms with van der Waals surface area (Å²) in [4.78, 5) is 12.6. The zero-order valence-electron chi connectivity index (χ0n) is 15.2. The van der Waals surface area contributed by atoms with E-state index in [9.17, 15) is 9.90 Å². The summed E-state index contributed by atoms with van der Waals surface area (Å²) in [7, 11) is 0. The molecule has 1 saturated carbocycles. The molecule has 0 amide bonds. The van der Waals surface area contributed by atoms with Gasteiger partial charge in [-0.15, -0.1) is 0 Å². The van der Waals surface area contributed by atoms with Crippen LogP contribution in [0.25, 0.3) is 0 Å². The third-order valence-corrected chi connectivity index (χ3v) is 5.51. The van der Waals surface area contributed by atoms with Crippen molar-refractivity contribution in [2.45, 2.75) is 63.9 Å². The zero-order valence-corrected chi connectivity index (χ0v) is 15.2. The minimum Gasteiger partial charge on any atom is -0.388 e. The van der Waals surface area contributed by atoms with Crippen LogP contribution in [0, 0.1) is 0 Å². The van der Waals surface area contributed by atoms with Gasteiger partial charge in [0.2, 0.25) is 0 Å². The first-order valence-electron chi connectivity index (χ1n) is 9.53. The number of ketones is 1. The molecule has 0 radical (unpaired) electrons. The third-order valence-electron chi connectivity index (χ3n) is 5.51. The summed E-state index contributed by atoms with van der Waals surface area (Å²) < 4.78 is 0. The van der Waals surface area contributed by atoms with Gasteiger partial charge in [-0.05, 0) is 47.4 Å². The molecule has 3 rings (SSSR count). The molecule has 3 atom stereocenters. The van der Waals surface area contributed by atoms with Crippen molar-refractivity contribution in [1.82, 2.24) is 0 Å². The Hall–Kier alpha value is -1.93. The van der Waals surface area contributed by atoms with E-state index in [0.717, 1.165) is 36.8 Å². The van der Waals surface area contributed by atoms with Crippen LogP contribution in [0.15, 0.2) is 48.5 Å². The summed E-state index contributed by atoms with van der Waals surface area (Å²) in [6.07, 6.45) is 3.94. The Morgan fingerprint density at radius 3 is 2.24 bits per heavy atom. The second kappa shape index (κ2) is 7.97. The predicted octanol–water partition coefficient (Wildman–Crippen LogP) is 5.31. The molecule has 0 bridgehead atoms. The van der Waals surface area contributed by atoms with Gasteiger partial charge < -0.3 is 5.11 Å². The highest BCUT2D eigenvalue weighted by atomic mass is 16.3. The fraction of sp³-hybridized carbons (Fsp3) is 0.435. The summed E-state index contributed by atoms with van der Waals surface area (Å²) in [5.41, 5.74) is 4.63. The van der Waals surface area contributed by atoms with E-state index in [1.54, 1.807) is 0 Å². The molecular weight excluding hydrogens is 308 g/mol. The standard InChI is InChI=1S/C23H28O2/c1-3-5-21(24)18-10-12-19(13-11-18)23-20(14-15-22(23)25)17-8-6-16(4-2)7-9-17/h6-13,20-21,23-24H,3-5,14-15H2,1-2H3. The van der Waals surface area contributed by atoms with E-state index >= 15 is 0 Å². The van der Waals surface area contributed by atoms with Crippen molar-refractivity contribution >= 4 is 5.78 Å². The van der Waals surface area contributed by atoms with E-state index in [1.165, 1.54) is 11.1 Å². The lowest BCUT2D eigenvalue weighted by Gasteiger charge is -2.20. The highest BCUT2D eigenvalue weighted by molar-refractivity contribution is 5.89. The highest BCUT2D eigenvalue weighted by Gasteiger charge is 2.36. The van der Waals surface area contributed by atoms with Crippen LogP contribution in [0.5, 0.6) is 0 Å². The molecule has 3 unspecified atom stereocenters.